The zero-order chi connectivity index (χ0) is 18.8. The molecule has 0 aromatic carbocycles. The molecule has 0 saturated carbocycles. The van der Waals surface area contributed by atoms with E-state index in [-0.39, 0.29) is 0 Å². The maximum absolute atomic E-state index is 5.56. The van der Waals surface area contributed by atoms with Crippen molar-refractivity contribution >= 4 is 5.96 Å². The summed E-state index contributed by atoms with van der Waals surface area (Å²) in [7, 11) is 2.18. The fourth-order valence-corrected chi connectivity index (χ4v) is 2.07. The highest BCUT2D eigenvalue weighted by atomic mass is 16.5. The van der Waals surface area contributed by atoms with Crippen molar-refractivity contribution in [1.29, 1.82) is 0 Å². The van der Waals surface area contributed by atoms with Crippen molar-refractivity contribution in [3.05, 3.63) is 0 Å². The number of ether oxygens (including phenoxy) is 2. The van der Waals surface area contributed by atoms with Crippen LogP contribution in [0.4, 0.5) is 0 Å². The fraction of sp³-hybridized carbons (Fsp3) is 0.947. The minimum Gasteiger partial charge on any atom is -0.379 e. The molecule has 6 nitrogen and oxygen atoms in total. The van der Waals surface area contributed by atoms with Gasteiger partial charge >= 0.3 is 0 Å². The van der Waals surface area contributed by atoms with E-state index < -0.39 is 0 Å². The van der Waals surface area contributed by atoms with Crippen LogP contribution in [0.25, 0.3) is 0 Å². The first-order valence-electron chi connectivity index (χ1n) is 9.99. The van der Waals surface area contributed by atoms with Crippen LogP contribution in [0.5, 0.6) is 0 Å². The van der Waals surface area contributed by atoms with Gasteiger partial charge in [0, 0.05) is 32.3 Å². The van der Waals surface area contributed by atoms with Crippen molar-refractivity contribution in [2.24, 2.45) is 4.99 Å². The maximum atomic E-state index is 5.56. The summed E-state index contributed by atoms with van der Waals surface area (Å²) in [6, 6.07) is 0.611. The molecule has 2 N–H and O–H groups in total. The summed E-state index contributed by atoms with van der Waals surface area (Å²) in [5, 5.41) is 6.59. The van der Waals surface area contributed by atoms with E-state index in [0.29, 0.717) is 25.9 Å². The molecule has 0 aromatic rings. The number of guanidine groups is 1. The quantitative estimate of drug-likeness (QED) is 0.252. The molecule has 25 heavy (non-hydrogen) atoms. The summed E-state index contributed by atoms with van der Waals surface area (Å²) >= 11 is 0. The van der Waals surface area contributed by atoms with E-state index in [1.165, 1.54) is 12.8 Å². The lowest BCUT2D eigenvalue weighted by molar-refractivity contribution is 0.0487. The number of hydrogen-bond acceptors (Lipinski definition) is 4. The molecular formula is C19H42N4O2. The molecule has 0 spiro atoms. The molecule has 0 saturated heterocycles. The molecule has 6 heteroatoms. The van der Waals surface area contributed by atoms with Crippen LogP contribution in [-0.4, -0.2) is 76.6 Å². The van der Waals surface area contributed by atoms with Gasteiger partial charge in [-0.1, -0.05) is 13.3 Å². The molecule has 0 aliphatic heterocycles. The van der Waals surface area contributed by atoms with Gasteiger partial charge < -0.3 is 25.0 Å². The van der Waals surface area contributed by atoms with Gasteiger partial charge in [-0.05, 0) is 53.6 Å². The van der Waals surface area contributed by atoms with E-state index in [9.17, 15) is 0 Å². The molecule has 0 atom stereocenters. The molecule has 150 valence electrons. The van der Waals surface area contributed by atoms with Crippen molar-refractivity contribution in [2.45, 2.75) is 59.4 Å². The summed E-state index contributed by atoms with van der Waals surface area (Å²) < 4.78 is 11.0. The second-order valence-corrected chi connectivity index (χ2v) is 6.55. The third-order valence-electron chi connectivity index (χ3n) is 3.97. The van der Waals surface area contributed by atoms with Crippen LogP contribution in [0.15, 0.2) is 4.99 Å². The zero-order valence-electron chi connectivity index (χ0n) is 17.3. The second-order valence-electron chi connectivity index (χ2n) is 6.55. The van der Waals surface area contributed by atoms with Crippen LogP contribution in [0.1, 0.15) is 53.4 Å². The Labute approximate surface area is 155 Å². The van der Waals surface area contributed by atoms with E-state index in [4.69, 9.17) is 9.47 Å². The van der Waals surface area contributed by atoms with E-state index in [1.54, 1.807) is 0 Å². The Kier molecular flexibility index (Phi) is 17.3. The summed E-state index contributed by atoms with van der Waals surface area (Å²) in [6.07, 6.45) is 4.58. The molecule has 0 heterocycles. The SMILES string of the molecule is CCCCOCCOCCNC(=NCCCCN(C)C(C)C)NCC. The van der Waals surface area contributed by atoms with Gasteiger partial charge in [0.25, 0.3) is 0 Å². The predicted molar refractivity (Wildman–Crippen MR) is 108 cm³/mol. The number of unbranched alkanes of at least 4 members (excludes halogenated alkanes) is 2. The molecule has 0 amide bonds. The standard InChI is InChI=1S/C19H42N4O2/c1-6-8-14-24-16-17-25-15-12-22-19(20-7-2)21-11-9-10-13-23(5)18(3)4/h18H,6-17H2,1-5H3,(H2,20,21,22). The molecule has 0 aromatic heterocycles. The summed E-state index contributed by atoms with van der Waals surface area (Å²) in [5.41, 5.74) is 0. The van der Waals surface area contributed by atoms with Crippen LogP contribution in [-0.2, 0) is 9.47 Å². The summed E-state index contributed by atoms with van der Waals surface area (Å²) in [4.78, 5) is 6.99. The van der Waals surface area contributed by atoms with Crippen LogP contribution >= 0.6 is 0 Å². The largest absolute Gasteiger partial charge is 0.379 e. The fourth-order valence-electron chi connectivity index (χ4n) is 2.07. The lowest BCUT2D eigenvalue weighted by Gasteiger charge is -2.20. The zero-order valence-corrected chi connectivity index (χ0v) is 17.3. The van der Waals surface area contributed by atoms with Crippen molar-refractivity contribution in [3.8, 4) is 0 Å². The Balaban J connectivity index is 3.68. The van der Waals surface area contributed by atoms with Crippen molar-refractivity contribution in [3.63, 3.8) is 0 Å². The van der Waals surface area contributed by atoms with Crippen LogP contribution in [0.2, 0.25) is 0 Å². The second kappa shape index (κ2) is 18.0. The Bertz CT molecular complexity index is 312. The number of rotatable bonds is 16. The number of hydrogen-bond donors (Lipinski definition) is 2. The molecule has 0 aliphatic rings. The van der Waals surface area contributed by atoms with Gasteiger partial charge in [-0.25, -0.2) is 0 Å². The van der Waals surface area contributed by atoms with Gasteiger partial charge in [-0.15, -0.1) is 0 Å². The van der Waals surface area contributed by atoms with Crippen molar-refractivity contribution in [1.82, 2.24) is 15.5 Å². The van der Waals surface area contributed by atoms with Gasteiger partial charge in [0.1, 0.15) is 0 Å². The highest BCUT2D eigenvalue weighted by molar-refractivity contribution is 5.79. The Hall–Kier alpha value is -0.850. The Morgan fingerprint density at radius 1 is 0.960 bits per heavy atom. The first kappa shape index (κ1) is 24.1. The molecule has 0 bridgehead atoms. The van der Waals surface area contributed by atoms with E-state index >= 15 is 0 Å². The lowest BCUT2D eigenvalue weighted by Crippen LogP contribution is -2.39. The predicted octanol–water partition coefficient (Wildman–Crippen LogP) is 2.50. The van der Waals surface area contributed by atoms with E-state index in [2.05, 4.69) is 55.3 Å². The lowest BCUT2D eigenvalue weighted by atomic mass is 10.2. The monoisotopic (exact) mass is 358 g/mol. The van der Waals surface area contributed by atoms with Crippen molar-refractivity contribution < 1.29 is 9.47 Å². The number of nitrogens with zero attached hydrogens (tertiary/aromatic N) is 2. The molecule has 0 fully saturated rings. The summed E-state index contributed by atoms with van der Waals surface area (Å²) in [6.45, 7) is 15.2. The van der Waals surface area contributed by atoms with Gasteiger partial charge in [0.2, 0.25) is 0 Å². The number of aliphatic imine (C=N–C) groups is 1. The minimum atomic E-state index is 0.611. The average Bonchev–Trinajstić information content (AvgIpc) is 2.59. The third kappa shape index (κ3) is 16.4. The van der Waals surface area contributed by atoms with Crippen LogP contribution in [0.3, 0.4) is 0 Å². The van der Waals surface area contributed by atoms with Gasteiger partial charge in [-0.2, -0.15) is 0 Å². The molecular weight excluding hydrogens is 316 g/mol. The Morgan fingerprint density at radius 3 is 2.32 bits per heavy atom. The normalized spacial score (nSPS) is 12.2. The van der Waals surface area contributed by atoms with Crippen molar-refractivity contribution in [2.75, 3.05) is 59.7 Å². The highest BCUT2D eigenvalue weighted by Gasteiger charge is 2.02. The number of nitrogens with one attached hydrogen (secondary N) is 2. The molecule has 0 rings (SSSR count). The van der Waals surface area contributed by atoms with Gasteiger partial charge in [0.05, 0.1) is 19.8 Å². The van der Waals surface area contributed by atoms with E-state index in [1.807, 2.05) is 0 Å². The van der Waals surface area contributed by atoms with Crippen LogP contribution < -0.4 is 10.6 Å². The third-order valence-corrected chi connectivity index (χ3v) is 3.97. The van der Waals surface area contributed by atoms with Gasteiger partial charge in [-0.3, -0.25) is 4.99 Å². The topological polar surface area (TPSA) is 58.1 Å². The molecule has 0 radical (unpaired) electrons. The molecule has 0 aliphatic carbocycles. The minimum absolute atomic E-state index is 0.611. The van der Waals surface area contributed by atoms with E-state index in [0.717, 1.165) is 51.6 Å². The van der Waals surface area contributed by atoms with Crippen LogP contribution in [0, 0.1) is 0 Å². The molecule has 0 unspecified atom stereocenters. The first-order chi connectivity index (χ1) is 12.1. The summed E-state index contributed by atoms with van der Waals surface area (Å²) in [5.74, 6) is 0.877. The average molecular weight is 359 g/mol. The first-order valence-corrected chi connectivity index (χ1v) is 9.99. The smallest absolute Gasteiger partial charge is 0.191 e. The Morgan fingerprint density at radius 2 is 1.68 bits per heavy atom. The van der Waals surface area contributed by atoms with Gasteiger partial charge in [0.15, 0.2) is 5.96 Å². The highest BCUT2D eigenvalue weighted by Crippen LogP contribution is 1.98. The maximum Gasteiger partial charge on any atom is 0.191 e.